The molecule has 1 nitrogen and oxygen atoms in total. The van der Waals surface area contributed by atoms with Gasteiger partial charge in [-0.25, -0.2) is 0 Å². The minimum atomic E-state index is 0.384. The Morgan fingerprint density at radius 2 is 1.63 bits per heavy atom. The third-order valence-corrected chi connectivity index (χ3v) is 4.70. The summed E-state index contributed by atoms with van der Waals surface area (Å²) in [6, 6.07) is 10.8. The quantitative estimate of drug-likeness (QED) is 0.678. The maximum Gasteiger partial charge on any atom is 0.0433 e. The van der Waals surface area contributed by atoms with E-state index in [2.05, 4.69) is 30.3 Å². The summed E-state index contributed by atoms with van der Waals surface area (Å²) >= 11 is 0. The molecule has 2 atom stereocenters. The van der Waals surface area contributed by atoms with Gasteiger partial charge in [0.2, 0.25) is 0 Å². The Labute approximate surface area is 118 Å². The normalized spacial score (nSPS) is 22.8. The molecule has 0 heterocycles. The van der Waals surface area contributed by atoms with E-state index in [1.807, 2.05) is 0 Å². The summed E-state index contributed by atoms with van der Waals surface area (Å²) in [5, 5.41) is 9.08. The van der Waals surface area contributed by atoms with E-state index in [-0.39, 0.29) is 0 Å². The second-order valence-corrected chi connectivity index (χ2v) is 6.05. The van der Waals surface area contributed by atoms with Crippen LogP contribution in [0.25, 0.3) is 0 Å². The lowest BCUT2D eigenvalue weighted by atomic mass is 9.88. The molecule has 0 radical (unpaired) electrons. The van der Waals surface area contributed by atoms with Crippen molar-refractivity contribution < 1.29 is 5.11 Å². The zero-order chi connectivity index (χ0) is 13.3. The molecule has 1 N–H and O–H groups in total. The lowest BCUT2D eigenvalue weighted by Gasteiger charge is -2.18. The van der Waals surface area contributed by atoms with E-state index in [0.29, 0.717) is 6.61 Å². The summed E-state index contributed by atoms with van der Waals surface area (Å²) < 4.78 is 0. The number of aryl methyl sites for hydroxylation is 1. The Morgan fingerprint density at radius 1 is 0.895 bits per heavy atom. The third kappa shape index (κ3) is 4.99. The predicted molar refractivity (Wildman–Crippen MR) is 81.1 cm³/mol. The van der Waals surface area contributed by atoms with Crippen LogP contribution in [-0.4, -0.2) is 11.7 Å². The van der Waals surface area contributed by atoms with Crippen LogP contribution >= 0.6 is 0 Å². The summed E-state index contributed by atoms with van der Waals surface area (Å²) in [6.07, 6.45) is 11.9. The first-order valence-electron chi connectivity index (χ1n) is 8.05. The zero-order valence-corrected chi connectivity index (χ0v) is 12.1. The number of aliphatic hydroxyl groups is 1. The van der Waals surface area contributed by atoms with Crippen molar-refractivity contribution in [2.24, 2.45) is 11.8 Å². The van der Waals surface area contributed by atoms with Crippen LogP contribution in [0, 0.1) is 11.8 Å². The molecule has 0 bridgehead atoms. The van der Waals surface area contributed by atoms with E-state index >= 15 is 0 Å². The van der Waals surface area contributed by atoms with E-state index in [0.717, 1.165) is 18.3 Å². The van der Waals surface area contributed by atoms with E-state index in [4.69, 9.17) is 5.11 Å². The highest BCUT2D eigenvalue weighted by Gasteiger charge is 2.25. The van der Waals surface area contributed by atoms with Crippen molar-refractivity contribution in [1.29, 1.82) is 0 Å². The Bertz CT molecular complexity index is 333. The van der Waals surface area contributed by atoms with Crippen LogP contribution in [0.5, 0.6) is 0 Å². The van der Waals surface area contributed by atoms with Crippen molar-refractivity contribution >= 4 is 0 Å². The fourth-order valence-electron chi connectivity index (χ4n) is 3.60. The lowest BCUT2D eigenvalue weighted by molar-refractivity contribution is 0.228. The highest BCUT2D eigenvalue weighted by molar-refractivity contribution is 5.14. The molecule has 0 spiro atoms. The monoisotopic (exact) mass is 260 g/mol. The molecule has 1 aromatic rings. The van der Waals surface area contributed by atoms with Crippen molar-refractivity contribution in [3.63, 3.8) is 0 Å². The summed E-state index contributed by atoms with van der Waals surface area (Å²) in [6.45, 7) is 0.384. The standard InChI is InChI=1S/C18H28O/c19-15-14-18-13-7-12-17(18)11-6-2-5-10-16-8-3-1-4-9-16/h1,3-4,8-9,17-19H,2,5-7,10-15H2/t17-,18+/m0/s1. The first kappa shape index (κ1) is 14.6. The van der Waals surface area contributed by atoms with Crippen LogP contribution in [0.1, 0.15) is 56.9 Å². The van der Waals surface area contributed by atoms with Gasteiger partial charge in [-0.2, -0.15) is 0 Å². The maximum atomic E-state index is 9.08. The molecular formula is C18H28O. The number of rotatable bonds is 8. The van der Waals surface area contributed by atoms with Gasteiger partial charge in [-0.15, -0.1) is 0 Å². The van der Waals surface area contributed by atoms with Gasteiger partial charge in [-0.05, 0) is 36.7 Å². The van der Waals surface area contributed by atoms with Crippen molar-refractivity contribution in [2.45, 2.75) is 57.8 Å². The first-order valence-corrected chi connectivity index (χ1v) is 8.05. The average molecular weight is 260 g/mol. The molecule has 1 aliphatic carbocycles. The minimum absolute atomic E-state index is 0.384. The minimum Gasteiger partial charge on any atom is -0.396 e. The molecule has 1 aliphatic rings. The highest BCUT2D eigenvalue weighted by Crippen LogP contribution is 2.37. The van der Waals surface area contributed by atoms with Gasteiger partial charge in [0.1, 0.15) is 0 Å². The van der Waals surface area contributed by atoms with E-state index < -0.39 is 0 Å². The molecule has 1 fully saturated rings. The molecule has 0 saturated heterocycles. The SMILES string of the molecule is OCC[C@H]1CCC[C@@H]1CCCCCc1ccccc1. The van der Waals surface area contributed by atoms with Crippen LogP contribution in [-0.2, 0) is 6.42 Å². The van der Waals surface area contributed by atoms with Gasteiger partial charge >= 0.3 is 0 Å². The number of benzene rings is 1. The van der Waals surface area contributed by atoms with Crippen molar-refractivity contribution in [3.05, 3.63) is 35.9 Å². The van der Waals surface area contributed by atoms with E-state index in [1.54, 1.807) is 0 Å². The second kappa shape index (κ2) is 8.37. The molecular weight excluding hydrogens is 232 g/mol. The summed E-state index contributed by atoms with van der Waals surface area (Å²) in [5.41, 5.74) is 1.47. The third-order valence-electron chi connectivity index (χ3n) is 4.70. The van der Waals surface area contributed by atoms with Crippen LogP contribution in [0.2, 0.25) is 0 Å². The fourth-order valence-corrected chi connectivity index (χ4v) is 3.60. The molecule has 0 amide bonds. The lowest BCUT2D eigenvalue weighted by Crippen LogP contribution is -2.09. The van der Waals surface area contributed by atoms with Crippen molar-refractivity contribution in [2.75, 3.05) is 6.61 Å². The Morgan fingerprint density at radius 3 is 2.37 bits per heavy atom. The van der Waals surface area contributed by atoms with Crippen molar-refractivity contribution in [3.8, 4) is 0 Å². The molecule has 1 saturated carbocycles. The van der Waals surface area contributed by atoms with Gasteiger partial charge in [0.05, 0.1) is 0 Å². The van der Waals surface area contributed by atoms with Gasteiger partial charge in [0, 0.05) is 6.61 Å². The predicted octanol–water partition coefficient (Wildman–Crippen LogP) is 4.59. The van der Waals surface area contributed by atoms with Crippen LogP contribution in [0.4, 0.5) is 0 Å². The van der Waals surface area contributed by atoms with E-state index in [9.17, 15) is 0 Å². The molecule has 0 aromatic heterocycles. The van der Waals surface area contributed by atoms with Crippen LogP contribution in [0.3, 0.4) is 0 Å². The van der Waals surface area contributed by atoms with E-state index in [1.165, 1.54) is 56.9 Å². The first-order chi connectivity index (χ1) is 9.40. The Kier molecular flexibility index (Phi) is 6.43. The van der Waals surface area contributed by atoms with Crippen LogP contribution < -0.4 is 0 Å². The fraction of sp³-hybridized carbons (Fsp3) is 0.667. The highest BCUT2D eigenvalue weighted by atomic mass is 16.3. The van der Waals surface area contributed by atoms with Gasteiger partial charge in [-0.1, -0.05) is 68.9 Å². The molecule has 0 aliphatic heterocycles. The van der Waals surface area contributed by atoms with Gasteiger partial charge in [0.25, 0.3) is 0 Å². The number of unbranched alkanes of at least 4 members (excludes halogenated alkanes) is 2. The van der Waals surface area contributed by atoms with Gasteiger partial charge in [0.15, 0.2) is 0 Å². The molecule has 106 valence electrons. The number of hydrogen-bond donors (Lipinski definition) is 1. The van der Waals surface area contributed by atoms with Gasteiger partial charge < -0.3 is 5.11 Å². The number of hydrogen-bond acceptors (Lipinski definition) is 1. The molecule has 0 unspecified atom stereocenters. The average Bonchev–Trinajstić information content (AvgIpc) is 2.88. The van der Waals surface area contributed by atoms with Crippen molar-refractivity contribution in [1.82, 2.24) is 0 Å². The van der Waals surface area contributed by atoms with Gasteiger partial charge in [-0.3, -0.25) is 0 Å². The second-order valence-electron chi connectivity index (χ2n) is 6.05. The summed E-state index contributed by atoms with van der Waals surface area (Å²) in [4.78, 5) is 0. The molecule has 19 heavy (non-hydrogen) atoms. The topological polar surface area (TPSA) is 20.2 Å². The van der Waals surface area contributed by atoms with Crippen LogP contribution in [0.15, 0.2) is 30.3 Å². The Hall–Kier alpha value is -0.820. The number of aliphatic hydroxyl groups excluding tert-OH is 1. The Balaban J connectivity index is 1.56. The summed E-state index contributed by atoms with van der Waals surface area (Å²) in [5.74, 6) is 1.72. The molecule has 2 rings (SSSR count). The molecule has 1 heteroatoms. The zero-order valence-electron chi connectivity index (χ0n) is 12.1. The smallest absolute Gasteiger partial charge is 0.0433 e. The molecule has 1 aromatic carbocycles. The largest absolute Gasteiger partial charge is 0.396 e. The summed E-state index contributed by atoms with van der Waals surface area (Å²) in [7, 11) is 0. The maximum absolute atomic E-state index is 9.08.